The van der Waals surface area contributed by atoms with Crippen LogP contribution in [0.1, 0.15) is 18.9 Å². The van der Waals surface area contributed by atoms with E-state index in [1.54, 1.807) is 24.3 Å². The van der Waals surface area contributed by atoms with Crippen LogP contribution < -0.4 is 10.6 Å². The van der Waals surface area contributed by atoms with Gasteiger partial charge in [0.2, 0.25) is 11.8 Å². The first-order valence-electron chi connectivity index (χ1n) is 10.6. The summed E-state index contributed by atoms with van der Waals surface area (Å²) >= 11 is 0. The largest absolute Gasteiger partial charge is 0.357 e. The molecule has 0 radical (unpaired) electrons. The van der Waals surface area contributed by atoms with E-state index in [1.807, 2.05) is 6.92 Å². The molecule has 0 aromatic heterocycles. The standard InChI is InChI=1S/C22H28N4O4S/c1-3-23-22(25-13-14-4-8-17(9-5-14)31(2,29)30)24-10-11-26-20(27)18-15-6-7-16(12-15)19(18)21(26)28/h4-9,15-16,18-19H,3,10-13H2,1-2H3,(H2,23,24,25). The van der Waals surface area contributed by atoms with Gasteiger partial charge in [-0.05, 0) is 42.9 Å². The minimum atomic E-state index is -3.22. The number of hydrogen-bond donors (Lipinski definition) is 2. The number of amides is 2. The molecular weight excluding hydrogens is 416 g/mol. The van der Waals surface area contributed by atoms with Gasteiger partial charge in [0, 0.05) is 25.9 Å². The summed E-state index contributed by atoms with van der Waals surface area (Å²) < 4.78 is 23.1. The lowest BCUT2D eigenvalue weighted by molar-refractivity contribution is -0.140. The van der Waals surface area contributed by atoms with Gasteiger partial charge >= 0.3 is 0 Å². The summed E-state index contributed by atoms with van der Waals surface area (Å²) in [6, 6.07) is 6.63. The topological polar surface area (TPSA) is 108 Å². The van der Waals surface area contributed by atoms with Crippen LogP contribution in [0.25, 0.3) is 0 Å². The third-order valence-electron chi connectivity index (χ3n) is 6.30. The van der Waals surface area contributed by atoms with Gasteiger partial charge < -0.3 is 10.6 Å². The Morgan fingerprint density at radius 2 is 1.68 bits per heavy atom. The smallest absolute Gasteiger partial charge is 0.233 e. The number of fused-ring (bicyclic) bond motifs is 5. The summed E-state index contributed by atoms with van der Waals surface area (Å²) in [7, 11) is -3.22. The fraction of sp³-hybridized carbons (Fsp3) is 0.500. The Morgan fingerprint density at radius 1 is 1.06 bits per heavy atom. The first-order valence-corrected chi connectivity index (χ1v) is 12.5. The van der Waals surface area contributed by atoms with Crippen molar-refractivity contribution in [3.05, 3.63) is 42.0 Å². The number of imide groups is 1. The number of allylic oxidation sites excluding steroid dienone is 2. The zero-order valence-corrected chi connectivity index (χ0v) is 18.6. The highest BCUT2D eigenvalue weighted by Crippen LogP contribution is 2.52. The molecule has 3 aliphatic rings. The van der Waals surface area contributed by atoms with Gasteiger partial charge in [0.15, 0.2) is 15.8 Å². The minimum absolute atomic E-state index is 0.0402. The molecule has 0 spiro atoms. The number of rotatable bonds is 7. The van der Waals surface area contributed by atoms with Gasteiger partial charge in [0.25, 0.3) is 0 Å². The van der Waals surface area contributed by atoms with E-state index in [-0.39, 0.29) is 40.4 Å². The summed E-state index contributed by atoms with van der Waals surface area (Å²) in [5, 5.41) is 6.32. The molecule has 2 aliphatic carbocycles. The lowest BCUT2D eigenvalue weighted by atomic mass is 9.85. The van der Waals surface area contributed by atoms with E-state index in [9.17, 15) is 18.0 Å². The van der Waals surface area contributed by atoms with Crippen LogP contribution in [-0.2, 0) is 26.0 Å². The van der Waals surface area contributed by atoms with Gasteiger partial charge in [0.1, 0.15) is 0 Å². The van der Waals surface area contributed by atoms with Gasteiger partial charge in [-0.3, -0.25) is 14.5 Å². The maximum atomic E-state index is 12.8. The average molecular weight is 445 g/mol. The van der Waals surface area contributed by atoms with E-state index < -0.39 is 9.84 Å². The van der Waals surface area contributed by atoms with Crippen molar-refractivity contribution >= 4 is 27.6 Å². The van der Waals surface area contributed by atoms with Crippen LogP contribution in [0.4, 0.5) is 0 Å². The number of aliphatic imine (C=N–C) groups is 1. The number of likely N-dealkylation sites (tertiary alicyclic amines) is 1. The molecule has 1 aromatic carbocycles. The molecule has 4 atom stereocenters. The molecule has 31 heavy (non-hydrogen) atoms. The quantitative estimate of drug-likeness (QED) is 0.281. The number of nitrogens with one attached hydrogen (secondary N) is 2. The number of guanidine groups is 1. The van der Waals surface area contributed by atoms with E-state index in [1.165, 1.54) is 11.2 Å². The second kappa shape index (κ2) is 8.45. The van der Waals surface area contributed by atoms with Crippen molar-refractivity contribution in [3.8, 4) is 0 Å². The molecule has 2 amide bonds. The van der Waals surface area contributed by atoms with Crippen LogP contribution in [0.2, 0.25) is 0 Å². The normalized spacial score (nSPS) is 27.2. The molecule has 2 bridgehead atoms. The zero-order valence-electron chi connectivity index (χ0n) is 17.7. The van der Waals surface area contributed by atoms with E-state index in [4.69, 9.17) is 0 Å². The molecule has 1 aromatic rings. The average Bonchev–Trinajstić information content (AvgIpc) is 3.41. The molecular formula is C22H28N4O4S. The Balaban J connectivity index is 1.33. The molecule has 1 heterocycles. The number of carbonyl (C=O) groups excluding carboxylic acids is 2. The first-order chi connectivity index (χ1) is 14.8. The number of sulfone groups is 1. The highest BCUT2D eigenvalue weighted by molar-refractivity contribution is 7.90. The first kappa shape index (κ1) is 21.5. The van der Waals surface area contributed by atoms with Crippen molar-refractivity contribution < 1.29 is 18.0 Å². The highest BCUT2D eigenvalue weighted by atomic mass is 32.2. The maximum absolute atomic E-state index is 12.8. The Bertz CT molecular complexity index is 1000. The van der Waals surface area contributed by atoms with Gasteiger partial charge in [-0.1, -0.05) is 24.3 Å². The molecule has 9 heteroatoms. The minimum Gasteiger partial charge on any atom is -0.357 e. The van der Waals surface area contributed by atoms with Crippen LogP contribution in [0, 0.1) is 23.7 Å². The second-order valence-electron chi connectivity index (χ2n) is 8.37. The van der Waals surface area contributed by atoms with Gasteiger partial charge in [0.05, 0.1) is 23.3 Å². The van der Waals surface area contributed by atoms with Crippen LogP contribution in [0.15, 0.2) is 46.3 Å². The van der Waals surface area contributed by atoms with Crippen molar-refractivity contribution in [2.45, 2.75) is 24.8 Å². The monoisotopic (exact) mass is 444 g/mol. The summed E-state index contributed by atoms with van der Waals surface area (Å²) in [5.41, 5.74) is 0.880. The molecule has 8 nitrogen and oxygen atoms in total. The fourth-order valence-electron chi connectivity index (χ4n) is 4.82. The van der Waals surface area contributed by atoms with Gasteiger partial charge in [-0.2, -0.15) is 0 Å². The molecule has 166 valence electrons. The van der Waals surface area contributed by atoms with Crippen LogP contribution in [0.5, 0.6) is 0 Å². The SMILES string of the molecule is CCNC(=NCc1ccc(S(C)(=O)=O)cc1)NCCN1C(=O)C2C3C=CC(C3)C2C1=O. The predicted octanol–water partition coefficient (Wildman–Crippen LogP) is 0.952. The van der Waals surface area contributed by atoms with E-state index in [0.29, 0.717) is 32.1 Å². The van der Waals surface area contributed by atoms with E-state index in [0.717, 1.165) is 12.0 Å². The third-order valence-corrected chi connectivity index (χ3v) is 7.43. The molecule has 2 fully saturated rings. The van der Waals surface area contributed by atoms with Crippen LogP contribution in [-0.4, -0.2) is 57.0 Å². The molecule has 4 unspecified atom stereocenters. The van der Waals surface area contributed by atoms with Gasteiger partial charge in [-0.15, -0.1) is 0 Å². The molecule has 2 N–H and O–H groups in total. The lowest BCUT2D eigenvalue weighted by Crippen LogP contribution is -2.43. The van der Waals surface area contributed by atoms with Crippen LogP contribution >= 0.6 is 0 Å². The fourth-order valence-corrected chi connectivity index (χ4v) is 5.46. The van der Waals surface area contributed by atoms with Crippen molar-refractivity contribution in [1.82, 2.24) is 15.5 Å². The number of carbonyl (C=O) groups is 2. The summed E-state index contributed by atoms with van der Waals surface area (Å²) in [6.45, 7) is 3.73. The van der Waals surface area contributed by atoms with Crippen molar-refractivity contribution in [3.63, 3.8) is 0 Å². The maximum Gasteiger partial charge on any atom is 0.233 e. The molecule has 1 saturated carbocycles. The summed E-state index contributed by atoms with van der Waals surface area (Å²) in [6.07, 6.45) is 6.30. The summed E-state index contributed by atoms with van der Waals surface area (Å²) in [5.74, 6) is 0.604. The molecule has 4 rings (SSSR count). The Labute approximate surface area is 182 Å². The van der Waals surface area contributed by atoms with Crippen molar-refractivity contribution in [1.29, 1.82) is 0 Å². The number of hydrogen-bond acceptors (Lipinski definition) is 5. The third kappa shape index (κ3) is 4.23. The lowest BCUT2D eigenvalue weighted by Gasteiger charge is -2.18. The number of nitrogens with zero attached hydrogens (tertiary/aromatic N) is 2. The van der Waals surface area contributed by atoms with Crippen molar-refractivity contribution in [2.75, 3.05) is 25.9 Å². The second-order valence-corrected chi connectivity index (χ2v) is 10.4. The Kier molecular flexibility index (Phi) is 5.88. The molecule has 1 aliphatic heterocycles. The van der Waals surface area contributed by atoms with E-state index >= 15 is 0 Å². The highest BCUT2D eigenvalue weighted by Gasteiger charge is 2.58. The molecule has 1 saturated heterocycles. The van der Waals surface area contributed by atoms with E-state index in [2.05, 4.69) is 27.8 Å². The Hall–Kier alpha value is -2.68. The van der Waals surface area contributed by atoms with Crippen molar-refractivity contribution in [2.24, 2.45) is 28.7 Å². The van der Waals surface area contributed by atoms with Crippen LogP contribution in [0.3, 0.4) is 0 Å². The van der Waals surface area contributed by atoms with Gasteiger partial charge in [-0.25, -0.2) is 13.4 Å². The number of benzene rings is 1. The Morgan fingerprint density at radius 3 is 2.23 bits per heavy atom. The zero-order chi connectivity index (χ0) is 22.2. The predicted molar refractivity (Wildman–Crippen MR) is 117 cm³/mol. The summed E-state index contributed by atoms with van der Waals surface area (Å²) in [4.78, 5) is 31.7.